The number of halogens is 2. The SMILES string of the molecule is CC(C)N(C(=O)c1cc(Br)c(OCCCCCOc2ccc(C(=N)N)cc2)c(Br)c1)C(C)C.CS(=O)(=O)O. The number of nitrogen functional groups attached to an aromatic ring is 1. The van der Waals surface area contributed by atoms with Crippen LogP contribution < -0.4 is 15.2 Å². The van der Waals surface area contributed by atoms with Crippen LogP contribution in [0.3, 0.4) is 0 Å². The molecule has 0 atom stereocenters. The number of hydrogen-bond donors (Lipinski definition) is 3. The molecule has 4 N–H and O–H groups in total. The minimum absolute atomic E-state index is 0.00360. The molecule has 12 heteroatoms. The number of amides is 1. The predicted octanol–water partition coefficient (Wildman–Crippen LogP) is 5.89. The van der Waals surface area contributed by atoms with E-state index in [1.165, 1.54) is 0 Å². The van der Waals surface area contributed by atoms with Crippen molar-refractivity contribution in [3.63, 3.8) is 0 Å². The zero-order chi connectivity index (χ0) is 29.0. The van der Waals surface area contributed by atoms with E-state index in [0.717, 1.165) is 34.0 Å². The van der Waals surface area contributed by atoms with Crippen molar-refractivity contribution < 1.29 is 27.2 Å². The van der Waals surface area contributed by atoms with E-state index in [4.69, 9.17) is 25.2 Å². The van der Waals surface area contributed by atoms with Crippen LogP contribution in [0.25, 0.3) is 0 Å². The maximum Gasteiger partial charge on any atom is 0.261 e. The quantitative estimate of drug-likeness (QED) is 0.110. The summed E-state index contributed by atoms with van der Waals surface area (Å²) in [5, 5.41) is 7.41. The van der Waals surface area contributed by atoms with Crippen LogP contribution in [0.1, 0.15) is 62.9 Å². The summed E-state index contributed by atoms with van der Waals surface area (Å²) in [5.41, 5.74) is 6.76. The Kier molecular flexibility index (Phi) is 14.3. The zero-order valence-corrected chi connectivity index (χ0v) is 26.3. The summed E-state index contributed by atoms with van der Waals surface area (Å²) < 4.78 is 39.1. The Morgan fingerprint density at radius 3 is 1.82 bits per heavy atom. The molecule has 0 aliphatic rings. The average Bonchev–Trinajstić information content (AvgIpc) is 2.78. The van der Waals surface area contributed by atoms with Crippen LogP contribution >= 0.6 is 31.9 Å². The number of carbonyl (C=O) groups is 1. The molecular formula is C26H37Br2N3O6S. The second-order valence-corrected chi connectivity index (χ2v) is 12.3. The molecule has 0 spiro atoms. The number of hydrogen-bond acceptors (Lipinski definition) is 6. The van der Waals surface area contributed by atoms with Crippen molar-refractivity contribution in [2.24, 2.45) is 5.73 Å². The highest BCUT2D eigenvalue weighted by atomic mass is 79.9. The lowest BCUT2D eigenvalue weighted by Crippen LogP contribution is -2.42. The smallest absolute Gasteiger partial charge is 0.261 e. The summed E-state index contributed by atoms with van der Waals surface area (Å²) in [6.07, 6.45) is 3.48. The molecule has 0 saturated carbocycles. The Balaban J connectivity index is 0.00000132. The van der Waals surface area contributed by atoms with E-state index in [1.807, 2.05) is 56.9 Å². The van der Waals surface area contributed by atoms with Crippen molar-refractivity contribution in [2.45, 2.75) is 59.0 Å². The molecular weight excluding hydrogens is 642 g/mol. The molecule has 0 fully saturated rings. The third-order valence-electron chi connectivity index (χ3n) is 5.06. The Morgan fingerprint density at radius 1 is 0.947 bits per heavy atom. The molecule has 0 heterocycles. The number of unbranched alkanes of at least 4 members (excludes halogenated alkanes) is 2. The number of nitrogens with one attached hydrogen (secondary N) is 1. The standard InChI is InChI=1S/C25H33Br2N3O3.CH4O3S/c1-16(2)30(17(3)4)25(31)19-14-21(26)23(22(27)15-19)33-13-7-5-6-12-32-20-10-8-18(9-11-20)24(28)29;1-5(2,3)4/h8-11,14-17H,5-7,12-13H2,1-4H3,(H3,28,29);1H3,(H,2,3,4). The maximum absolute atomic E-state index is 13.0. The maximum atomic E-state index is 13.0. The Bertz CT molecular complexity index is 1130. The molecule has 2 rings (SSSR count). The third kappa shape index (κ3) is 12.6. The van der Waals surface area contributed by atoms with Crippen LogP contribution in [0.4, 0.5) is 0 Å². The van der Waals surface area contributed by atoms with Gasteiger partial charge >= 0.3 is 0 Å². The predicted molar refractivity (Wildman–Crippen MR) is 158 cm³/mol. The van der Waals surface area contributed by atoms with Crippen LogP contribution in [-0.2, 0) is 10.1 Å². The van der Waals surface area contributed by atoms with Crippen LogP contribution in [0.5, 0.6) is 11.5 Å². The molecule has 0 aliphatic carbocycles. The van der Waals surface area contributed by atoms with Gasteiger partial charge in [-0.15, -0.1) is 0 Å². The summed E-state index contributed by atoms with van der Waals surface area (Å²) in [6.45, 7) is 9.28. The Labute approximate surface area is 242 Å². The lowest BCUT2D eigenvalue weighted by molar-refractivity contribution is 0.0643. The van der Waals surface area contributed by atoms with Crippen molar-refractivity contribution in [1.82, 2.24) is 4.90 Å². The minimum atomic E-state index is -3.67. The van der Waals surface area contributed by atoms with Gasteiger partial charge in [-0.2, -0.15) is 8.42 Å². The summed E-state index contributed by atoms with van der Waals surface area (Å²) in [7, 11) is -3.67. The first kappa shape index (κ1) is 33.9. The van der Waals surface area contributed by atoms with Gasteiger partial charge in [0.25, 0.3) is 16.0 Å². The molecule has 212 valence electrons. The average molecular weight is 679 g/mol. The molecule has 2 aromatic rings. The van der Waals surface area contributed by atoms with E-state index in [-0.39, 0.29) is 23.8 Å². The second-order valence-electron chi connectivity index (χ2n) is 9.10. The van der Waals surface area contributed by atoms with Crippen molar-refractivity contribution in [2.75, 3.05) is 19.5 Å². The largest absolute Gasteiger partial charge is 0.494 e. The van der Waals surface area contributed by atoms with Gasteiger partial charge in [0.15, 0.2) is 0 Å². The van der Waals surface area contributed by atoms with Gasteiger partial charge in [0.1, 0.15) is 17.3 Å². The highest BCUT2D eigenvalue weighted by molar-refractivity contribution is 9.11. The number of carbonyl (C=O) groups excluding carboxylic acids is 1. The fraction of sp³-hybridized carbons (Fsp3) is 0.462. The number of amidine groups is 1. The number of nitrogens with zero attached hydrogens (tertiary/aromatic N) is 1. The molecule has 1 amide bonds. The van der Waals surface area contributed by atoms with Gasteiger partial charge in [0.2, 0.25) is 0 Å². The van der Waals surface area contributed by atoms with Crippen molar-refractivity contribution in [3.05, 3.63) is 56.5 Å². The van der Waals surface area contributed by atoms with E-state index in [1.54, 1.807) is 12.1 Å². The van der Waals surface area contributed by atoms with Crippen LogP contribution in [-0.4, -0.2) is 61.2 Å². The van der Waals surface area contributed by atoms with E-state index >= 15 is 0 Å². The van der Waals surface area contributed by atoms with Crippen molar-refractivity contribution in [1.29, 1.82) is 5.41 Å². The second kappa shape index (κ2) is 16.1. The zero-order valence-electron chi connectivity index (χ0n) is 22.3. The third-order valence-corrected chi connectivity index (χ3v) is 6.24. The van der Waals surface area contributed by atoms with Gasteiger partial charge in [-0.3, -0.25) is 14.8 Å². The van der Waals surface area contributed by atoms with E-state index in [2.05, 4.69) is 31.9 Å². The summed E-state index contributed by atoms with van der Waals surface area (Å²) in [4.78, 5) is 14.8. The fourth-order valence-corrected chi connectivity index (χ4v) is 4.93. The Morgan fingerprint density at radius 2 is 1.39 bits per heavy atom. The molecule has 0 aromatic heterocycles. The first-order chi connectivity index (χ1) is 17.6. The van der Waals surface area contributed by atoms with Gasteiger partial charge < -0.3 is 20.1 Å². The van der Waals surface area contributed by atoms with Crippen molar-refractivity contribution in [3.8, 4) is 11.5 Å². The van der Waals surface area contributed by atoms with Crippen LogP contribution in [0.15, 0.2) is 45.3 Å². The van der Waals surface area contributed by atoms with Crippen LogP contribution in [0, 0.1) is 5.41 Å². The number of ether oxygens (including phenoxy) is 2. The number of nitrogens with two attached hydrogens (primary N) is 1. The molecule has 0 radical (unpaired) electrons. The minimum Gasteiger partial charge on any atom is -0.494 e. The normalized spacial score (nSPS) is 11.1. The molecule has 0 unspecified atom stereocenters. The number of rotatable bonds is 12. The van der Waals surface area contributed by atoms with E-state index in [9.17, 15) is 13.2 Å². The lowest BCUT2D eigenvalue weighted by Gasteiger charge is -2.31. The summed E-state index contributed by atoms with van der Waals surface area (Å²) in [6, 6.07) is 11.1. The number of benzene rings is 2. The Hall–Kier alpha value is -2.15. The van der Waals surface area contributed by atoms with Crippen molar-refractivity contribution >= 4 is 53.7 Å². The van der Waals surface area contributed by atoms with Gasteiger partial charge in [0.05, 0.1) is 28.4 Å². The van der Waals surface area contributed by atoms with Gasteiger partial charge in [-0.25, -0.2) is 0 Å². The topological polar surface area (TPSA) is 143 Å². The molecule has 0 bridgehead atoms. The molecule has 9 nitrogen and oxygen atoms in total. The molecule has 2 aromatic carbocycles. The summed E-state index contributed by atoms with van der Waals surface area (Å²) in [5.74, 6) is 1.53. The van der Waals surface area contributed by atoms with Crippen LogP contribution in [0.2, 0.25) is 0 Å². The van der Waals surface area contributed by atoms with Gasteiger partial charge in [-0.05, 0) is 115 Å². The molecule has 0 aliphatic heterocycles. The first-order valence-corrected chi connectivity index (χ1v) is 15.5. The fourth-order valence-electron chi connectivity index (χ4n) is 3.51. The van der Waals surface area contributed by atoms with Gasteiger partial charge in [0, 0.05) is 23.2 Å². The highest BCUT2D eigenvalue weighted by Crippen LogP contribution is 2.35. The molecule has 38 heavy (non-hydrogen) atoms. The summed E-state index contributed by atoms with van der Waals surface area (Å²) >= 11 is 7.11. The monoisotopic (exact) mass is 677 g/mol. The van der Waals surface area contributed by atoms with E-state index in [0.29, 0.717) is 36.3 Å². The molecule has 0 saturated heterocycles. The lowest BCUT2D eigenvalue weighted by atomic mass is 10.1. The first-order valence-electron chi connectivity index (χ1n) is 12.1. The highest BCUT2D eigenvalue weighted by Gasteiger charge is 2.23. The van der Waals surface area contributed by atoms with Gasteiger partial charge in [-0.1, -0.05) is 0 Å². The van der Waals surface area contributed by atoms with E-state index < -0.39 is 10.1 Å².